The van der Waals surface area contributed by atoms with Gasteiger partial charge < -0.3 is 75.4 Å². The van der Waals surface area contributed by atoms with Gasteiger partial charge in [-0.2, -0.15) is 0 Å². The number of hydrogen-bond acceptors (Lipinski definition) is 15. The van der Waals surface area contributed by atoms with Crippen molar-refractivity contribution in [2.45, 2.75) is 0 Å². The number of aliphatic carboxylic acids is 6. The molecule has 15 nitrogen and oxygen atoms in total. The van der Waals surface area contributed by atoms with Crippen molar-refractivity contribution < 1.29 is 94.1 Å². The Morgan fingerprint density at radius 2 is 0.483 bits per heavy atom. The molecular weight excluding hydrogens is 482 g/mol. The summed E-state index contributed by atoms with van der Waals surface area (Å²) in [4.78, 5) is 57.6. The number of carboxylic acids is 6. The van der Waals surface area contributed by atoms with Crippen molar-refractivity contribution >= 4 is 35.8 Å². The standard InChI is InChI=1S/3C4H7NO4.2Cr/c3*6-3(7)1-5-2-4(8)9;;/h3*5H,1-2H2,(H,6,7)(H,8,9);;/q;;;2*+3/p-6. The third-order valence-corrected chi connectivity index (χ3v) is 1.62. The maximum atomic E-state index is 9.59. The number of carboxylic acid groups (broad SMARTS) is 6. The first-order valence-corrected chi connectivity index (χ1v) is 6.69. The molecule has 0 fully saturated rings. The van der Waals surface area contributed by atoms with Gasteiger partial charge in [-0.25, -0.2) is 0 Å². The summed E-state index contributed by atoms with van der Waals surface area (Å²) in [5.41, 5.74) is 0. The minimum Gasteiger partial charge on any atom is -0.549 e. The van der Waals surface area contributed by atoms with Crippen molar-refractivity contribution in [1.29, 1.82) is 0 Å². The van der Waals surface area contributed by atoms with Crippen molar-refractivity contribution in [3.05, 3.63) is 0 Å². The molecule has 0 aromatic rings. The molecule has 3 N–H and O–H groups in total. The first-order valence-electron chi connectivity index (χ1n) is 6.69. The first-order chi connectivity index (χ1) is 12.4. The summed E-state index contributed by atoms with van der Waals surface area (Å²) in [6.45, 7) is -2.79. The molecule has 162 valence electrons. The zero-order chi connectivity index (χ0) is 21.8. The van der Waals surface area contributed by atoms with E-state index >= 15 is 0 Å². The molecule has 0 aliphatic carbocycles. The predicted molar refractivity (Wildman–Crippen MR) is 68.7 cm³/mol. The number of rotatable bonds is 12. The van der Waals surface area contributed by atoms with Crippen LogP contribution in [0.3, 0.4) is 0 Å². The van der Waals surface area contributed by atoms with Crippen LogP contribution in [-0.4, -0.2) is 75.1 Å². The SMILES string of the molecule is O=C([O-])CNCC(=O)[O-].O=C([O-])CNCC(=O)[O-].O=C([O-])CNCC(=O)[O-].[Cr+3].[Cr+3]. The minimum atomic E-state index is -1.34. The van der Waals surface area contributed by atoms with Gasteiger partial charge in [-0.3, -0.25) is 0 Å². The maximum absolute atomic E-state index is 9.59. The van der Waals surface area contributed by atoms with Gasteiger partial charge in [0.2, 0.25) is 0 Å². The molecule has 0 aliphatic rings. The Kier molecular flexibility index (Phi) is 33.3. The van der Waals surface area contributed by atoms with E-state index in [-0.39, 0.29) is 34.7 Å². The first kappa shape index (κ1) is 37.5. The molecule has 0 heterocycles. The second kappa shape index (κ2) is 25.8. The van der Waals surface area contributed by atoms with E-state index in [1.807, 2.05) is 0 Å². The van der Waals surface area contributed by atoms with Gasteiger partial charge in [-0.1, -0.05) is 0 Å². The molecule has 0 aromatic heterocycles. The monoisotopic (exact) mass is 497 g/mol. The molecule has 2 radical (unpaired) electrons. The van der Waals surface area contributed by atoms with Gasteiger partial charge in [-0.15, -0.1) is 0 Å². The summed E-state index contributed by atoms with van der Waals surface area (Å²) in [5, 5.41) is 63.7. The molecule has 0 saturated heterocycles. The summed E-state index contributed by atoms with van der Waals surface area (Å²) < 4.78 is 0. The van der Waals surface area contributed by atoms with E-state index in [2.05, 4.69) is 16.0 Å². The Balaban J connectivity index is -0.0000000960. The molecule has 0 atom stereocenters. The largest absolute Gasteiger partial charge is 3.00 e. The van der Waals surface area contributed by atoms with Gasteiger partial charge >= 0.3 is 34.7 Å². The fourth-order valence-corrected chi connectivity index (χ4v) is 0.800. The van der Waals surface area contributed by atoms with Crippen LogP contribution in [0.1, 0.15) is 0 Å². The zero-order valence-electron chi connectivity index (χ0n) is 14.5. The topological polar surface area (TPSA) is 277 Å². The molecule has 0 amide bonds. The van der Waals surface area contributed by atoms with Gasteiger partial charge in [0.1, 0.15) is 0 Å². The van der Waals surface area contributed by atoms with E-state index in [1.165, 1.54) is 0 Å². The molecule has 29 heavy (non-hydrogen) atoms. The zero-order valence-corrected chi connectivity index (χ0v) is 17.0. The van der Waals surface area contributed by atoms with Crippen LogP contribution in [0.15, 0.2) is 0 Å². The fourth-order valence-electron chi connectivity index (χ4n) is 0.800. The van der Waals surface area contributed by atoms with Crippen molar-refractivity contribution in [1.82, 2.24) is 16.0 Å². The summed E-state index contributed by atoms with van der Waals surface area (Å²) in [7, 11) is 0. The quantitative estimate of drug-likeness (QED) is 0.226. The maximum Gasteiger partial charge on any atom is 3.00 e. The number of carbonyl (C=O) groups is 6. The van der Waals surface area contributed by atoms with Crippen LogP contribution < -0.4 is 46.6 Å². The summed E-state index contributed by atoms with van der Waals surface area (Å²) in [5.74, 6) is -8.02. The van der Waals surface area contributed by atoms with Gasteiger partial charge in [0.15, 0.2) is 0 Å². The van der Waals surface area contributed by atoms with Gasteiger partial charge in [-0.05, 0) is 0 Å². The normalized spacial score (nSPS) is 8.28. The molecule has 0 saturated carbocycles. The van der Waals surface area contributed by atoms with Crippen LogP contribution in [0.25, 0.3) is 0 Å². The van der Waals surface area contributed by atoms with E-state index in [1.54, 1.807) is 0 Å². The number of hydrogen-bond donors (Lipinski definition) is 3. The van der Waals surface area contributed by atoms with E-state index in [9.17, 15) is 59.4 Å². The summed E-state index contributed by atoms with van der Waals surface area (Å²) in [6, 6.07) is 0. The molecule has 0 bridgehead atoms. The Labute approximate surface area is 185 Å². The van der Waals surface area contributed by atoms with E-state index < -0.39 is 75.1 Å². The van der Waals surface area contributed by atoms with E-state index in [0.717, 1.165) is 0 Å². The Hall–Kier alpha value is -2.24. The van der Waals surface area contributed by atoms with Crippen molar-refractivity contribution in [2.24, 2.45) is 0 Å². The Bertz CT molecular complexity index is 405. The molecule has 0 unspecified atom stereocenters. The Morgan fingerprint density at radius 1 is 0.379 bits per heavy atom. The van der Waals surface area contributed by atoms with Crippen LogP contribution in [0.5, 0.6) is 0 Å². The summed E-state index contributed by atoms with van der Waals surface area (Å²) in [6.07, 6.45) is 0. The average Bonchev–Trinajstić information content (AvgIpc) is 2.46. The smallest absolute Gasteiger partial charge is 0.549 e. The van der Waals surface area contributed by atoms with Crippen molar-refractivity contribution in [2.75, 3.05) is 39.3 Å². The Morgan fingerprint density at radius 3 is 0.552 bits per heavy atom. The van der Waals surface area contributed by atoms with Crippen molar-refractivity contribution in [3.8, 4) is 0 Å². The van der Waals surface area contributed by atoms with Crippen molar-refractivity contribution in [3.63, 3.8) is 0 Å². The minimum absolute atomic E-state index is 0. The molecule has 0 aromatic carbocycles. The van der Waals surface area contributed by atoms with Crippen LogP contribution >= 0.6 is 0 Å². The number of nitrogens with one attached hydrogen (secondary N) is 3. The van der Waals surface area contributed by atoms with Crippen LogP contribution in [0.2, 0.25) is 0 Å². The van der Waals surface area contributed by atoms with Gasteiger partial charge in [0.05, 0.1) is 35.8 Å². The fraction of sp³-hybridized carbons (Fsp3) is 0.500. The molecule has 17 heteroatoms. The van der Waals surface area contributed by atoms with E-state index in [4.69, 9.17) is 0 Å². The number of carbonyl (C=O) groups excluding carboxylic acids is 6. The average molecular weight is 497 g/mol. The van der Waals surface area contributed by atoms with Crippen LogP contribution in [0, 0.1) is 0 Å². The molecule has 0 aliphatic heterocycles. The third kappa shape index (κ3) is 58.5. The molecule has 0 rings (SSSR count). The van der Waals surface area contributed by atoms with Crippen LogP contribution in [0.4, 0.5) is 0 Å². The van der Waals surface area contributed by atoms with Gasteiger partial charge in [0, 0.05) is 39.3 Å². The molecular formula is C12H15Cr2N3O12. The third-order valence-electron chi connectivity index (χ3n) is 1.62. The van der Waals surface area contributed by atoms with Crippen LogP contribution in [-0.2, 0) is 63.5 Å². The predicted octanol–water partition coefficient (Wildman–Crippen LogP) is -11.8. The second-order valence-electron chi connectivity index (χ2n) is 4.04. The van der Waals surface area contributed by atoms with Gasteiger partial charge in [0.25, 0.3) is 0 Å². The second-order valence-corrected chi connectivity index (χ2v) is 4.04. The molecule has 0 spiro atoms. The van der Waals surface area contributed by atoms with E-state index in [0.29, 0.717) is 0 Å². The summed E-state index contributed by atoms with van der Waals surface area (Å²) >= 11 is 0.